The molecule has 8 nitrogen and oxygen atoms in total. The van der Waals surface area contributed by atoms with Crippen LogP contribution in [0.2, 0.25) is 0 Å². The van der Waals surface area contributed by atoms with Crippen LogP contribution in [0.1, 0.15) is 174 Å². The molecule has 0 aromatic rings. The molecule has 64 heavy (non-hydrogen) atoms. The number of unbranched alkanes of at least 4 members (excludes halogenated alkanes) is 16. The Morgan fingerprint density at radius 3 is 1.42 bits per heavy atom. The zero-order valence-electron chi connectivity index (χ0n) is 41.2. The molecular formula is C56H92NO7+. The van der Waals surface area contributed by atoms with Gasteiger partial charge in [-0.05, 0) is 64.2 Å². The van der Waals surface area contributed by atoms with Crippen molar-refractivity contribution < 1.29 is 38.2 Å². The number of rotatable bonds is 43. The predicted octanol–water partition coefficient (Wildman–Crippen LogP) is 14.4. The third-order valence-electron chi connectivity index (χ3n) is 10.6. The molecule has 0 amide bonds. The summed E-state index contributed by atoms with van der Waals surface area (Å²) in [4.78, 5) is 37.1. The second-order valence-electron chi connectivity index (χ2n) is 17.5. The number of nitrogens with zero attached hydrogens (tertiary/aromatic N) is 1. The maximum absolute atomic E-state index is 12.8. The molecule has 8 heteroatoms. The van der Waals surface area contributed by atoms with E-state index in [9.17, 15) is 19.5 Å². The van der Waals surface area contributed by atoms with Gasteiger partial charge in [-0.3, -0.25) is 9.59 Å². The molecule has 0 rings (SSSR count). The first kappa shape index (κ1) is 60.0. The summed E-state index contributed by atoms with van der Waals surface area (Å²) < 4.78 is 17.3. The smallest absolute Gasteiger partial charge is 0.362 e. The van der Waals surface area contributed by atoms with Crippen molar-refractivity contribution in [1.82, 2.24) is 0 Å². The third-order valence-corrected chi connectivity index (χ3v) is 10.6. The number of carbonyl (C=O) groups excluding carboxylic acids is 2. The first-order chi connectivity index (χ1) is 31.1. The summed E-state index contributed by atoms with van der Waals surface area (Å²) in [5, 5.41) is 9.65. The molecule has 0 radical (unpaired) electrons. The van der Waals surface area contributed by atoms with Crippen LogP contribution in [-0.2, 0) is 28.6 Å². The lowest BCUT2D eigenvalue weighted by molar-refractivity contribution is -0.887. The van der Waals surface area contributed by atoms with E-state index in [1.807, 2.05) is 81.9 Å². The maximum Gasteiger partial charge on any atom is 0.362 e. The third kappa shape index (κ3) is 43.3. The molecule has 0 heterocycles. The van der Waals surface area contributed by atoms with Gasteiger partial charge in [-0.1, -0.05) is 200 Å². The van der Waals surface area contributed by atoms with E-state index in [1.165, 1.54) is 70.6 Å². The Bertz CT molecular complexity index is 1410. The summed E-state index contributed by atoms with van der Waals surface area (Å²) >= 11 is 0. The highest BCUT2D eigenvalue weighted by Crippen LogP contribution is 2.15. The Hall–Kier alpha value is -4.01. The van der Waals surface area contributed by atoms with Gasteiger partial charge in [0.2, 0.25) is 0 Å². The molecule has 0 saturated heterocycles. The molecule has 0 aromatic carbocycles. The number of carboxylic acids is 1. The first-order valence-electron chi connectivity index (χ1n) is 25.0. The molecule has 0 saturated carbocycles. The van der Waals surface area contributed by atoms with E-state index >= 15 is 0 Å². The highest BCUT2D eigenvalue weighted by Gasteiger charge is 2.31. The second-order valence-corrected chi connectivity index (χ2v) is 17.5. The number of carbonyl (C=O) groups is 3. The van der Waals surface area contributed by atoms with Crippen LogP contribution in [0.4, 0.5) is 0 Å². The van der Waals surface area contributed by atoms with Gasteiger partial charge in [-0.2, -0.15) is 0 Å². The van der Waals surface area contributed by atoms with Crippen LogP contribution < -0.4 is 0 Å². The van der Waals surface area contributed by atoms with Gasteiger partial charge in [-0.15, -0.1) is 0 Å². The van der Waals surface area contributed by atoms with E-state index in [1.54, 1.807) is 0 Å². The Labute approximate surface area is 391 Å². The molecule has 0 aliphatic rings. The molecule has 0 spiro atoms. The van der Waals surface area contributed by atoms with E-state index in [0.717, 1.165) is 64.2 Å². The van der Waals surface area contributed by atoms with Gasteiger partial charge in [0.1, 0.15) is 6.61 Å². The highest BCUT2D eigenvalue weighted by atomic mass is 16.6. The molecule has 0 aromatic heterocycles. The van der Waals surface area contributed by atoms with E-state index in [2.05, 4.69) is 62.5 Å². The van der Waals surface area contributed by atoms with E-state index in [4.69, 9.17) is 14.2 Å². The Balaban J connectivity index is 4.31. The van der Waals surface area contributed by atoms with Crippen molar-refractivity contribution in [3.63, 3.8) is 0 Å². The molecule has 362 valence electrons. The van der Waals surface area contributed by atoms with E-state index in [0.29, 0.717) is 19.3 Å². The van der Waals surface area contributed by atoms with Crippen molar-refractivity contribution in [1.29, 1.82) is 0 Å². The zero-order valence-corrected chi connectivity index (χ0v) is 41.2. The molecule has 2 unspecified atom stereocenters. The topological polar surface area (TPSA) is 99.1 Å². The summed E-state index contributed by atoms with van der Waals surface area (Å²) in [6.45, 7) is 4.42. The van der Waals surface area contributed by atoms with Crippen molar-refractivity contribution >= 4 is 17.9 Å². The van der Waals surface area contributed by atoms with Crippen LogP contribution in [0.5, 0.6) is 0 Å². The van der Waals surface area contributed by atoms with Crippen LogP contribution in [0.15, 0.2) is 109 Å². The SMILES string of the molecule is CC/C=C/C=C/C=C/C=C/C=C/C=C/CCCCCC(=O)OC(COCCC(C(=O)O)[N+](C)(C)C)COC(=O)CCCCCCCCCCCCCCC/C=C/C/C=C/C/C=C/CC. The number of allylic oxidation sites excluding steroid dienone is 18. The Morgan fingerprint density at radius 1 is 0.484 bits per heavy atom. The number of esters is 2. The molecular weight excluding hydrogens is 799 g/mol. The standard InChI is InChI=1S/C56H91NO7/c1-6-8-10-12-14-16-18-20-22-24-25-26-27-28-29-31-32-34-36-38-40-42-44-46-54(58)63-51-52(50-62-49-48-53(56(60)61)57(3,4)5)64-55(59)47-45-43-41-39-37-35-33-30-23-21-19-17-15-13-11-9-7-2/h8-11,13-17,19-23,30,33,35,37,52-53H,6-7,12,18,24-29,31-32,34,36,38-51H2,1-5H3/p+1/b10-8+,11-9+,15-13+,16-14+,19-17+,22-20+,23-21+,33-30+,37-35+. The number of likely N-dealkylation sites (N-methyl/N-ethyl adjacent to an activating group) is 1. The summed E-state index contributed by atoms with van der Waals surface area (Å²) in [7, 11) is 5.50. The van der Waals surface area contributed by atoms with Gasteiger partial charge in [0.05, 0.1) is 34.4 Å². The largest absolute Gasteiger partial charge is 0.477 e. The lowest BCUT2D eigenvalue weighted by Gasteiger charge is -2.31. The summed E-state index contributed by atoms with van der Waals surface area (Å²) in [6, 6.07) is -0.630. The Morgan fingerprint density at radius 2 is 0.906 bits per heavy atom. The quantitative estimate of drug-likeness (QED) is 0.0214. The lowest BCUT2D eigenvalue weighted by Crippen LogP contribution is -2.50. The zero-order chi connectivity index (χ0) is 47.0. The van der Waals surface area contributed by atoms with Crippen LogP contribution in [-0.4, -0.2) is 80.6 Å². The fraction of sp³-hybridized carbons (Fsp3) is 0.625. The molecule has 1 N–H and O–H groups in total. The number of hydrogen-bond donors (Lipinski definition) is 1. The van der Waals surface area contributed by atoms with Gasteiger partial charge >= 0.3 is 17.9 Å². The minimum atomic E-state index is -0.887. The fourth-order valence-corrected chi connectivity index (χ4v) is 6.78. The normalized spacial score (nSPS) is 13.8. The van der Waals surface area contributed by atoms with Crippen LogP contribution >= 0.6 is 0 Å². The first-order valence-corrected chi connectivity index (χ1v) is 25.0. The van der Waals surface area contributed by atoms with Crippen molar-refractivity contribution in [3.05, 3.63) is 109 Å². The number of hydrogen-bond acceptors (Lipinski definition) is 6. The van der Waals surface area contributed by atoms with Crippen molar-refractivity contribution in [2.75, 3.05) is 41.0 Å². The van der Waals surface area contributed by atoms with Crippen molar-refractivity contribution in [3.8, 4) is 0 Å². The van der Waals surface area contributed by atoms with Gasteiger partial charge in [-0.25, -0.2) is 4.79 Å². The summed E-state index contributed by atoms with van der Waals surface area (Å²) in [6.07, 6.45) is 62.8. The minimum absolute atomic E-state index is 0.0359. The monoisotopic (exact) mass is 891 g/mol. The van der Waals surface area contributed by atoms with Crippen LogP contribution in [0.25, 0.3) is 0 Å². The average molecular weight is 891 g/mol. The van der Waals surface area contributed by atoms with Gasteiger partial charge in [0.25, 0.3) is 0 Å². The van der Waals surface area contributed by atoms with E-state index in [-0.39, 0.29) is 42.7 Å². The summed E-state index contributed by atoms with van der Waals surface area (Å²) in [5.74, 6) is -1.54. The number of quaternary nitrogens is 1. The lowest BCUT2D eigenvalue weighted by atomic mass is 10.0. The number of ether oxygens (including phenoxy) is 3. The Kier molecular flexibility index (Phi) is 42.7. The number of carboxylic acid groups (broad SMARTS) is 1. The average Bonchev–Trinajstić information content (AvgIpc) is 3.26. The fourth-order valence-electron chi connectivity index (χ4n) is 6.78. The maximum atomic E-state index is 12.8. The molecule has 0 aliphatic heterocycles. The van der Waals surface area contributed by atoms with Gasteiger partial charge in [0.15, 0.2) is 12.1 Å². The molecule has 0 fully saturated rings. The molecule has 2 atom stereocenters. The van der Waals surface area contributed by atoms with Crippen molar-refractivity contribution in [2.45, 2.75) is 187 Å². The van der Waals surface area contributed by atoms with Gasteiger partial charge < -0.3 is 23.8 Å². The highest BCUT2D eigenvalue weighted by molar-refractivity contribution is 5.72. The van der Waals surface area contributed by atoms with Crippen molar-refractivity contribution in [2.24, 2.45) is 0 Å². The van der Waals surface area contributed by atoms with Crippen LogP contribution in [0, 0.1) is 0 Å². The predicted molar refractivity (Wildman–Crippen MR) is 270 cm³/mol. The summed E-state index contributed by atoms with van der Waals surface area (Å²) in [5.41, 5.74) is 0. The molecule has 0 aliphatic carbocycles. The second kappa shape index (κ2) is 45.6. The van der Waals surface area contributed by atoms with E-state index < -0.39 is 18.1 Å². The molecule has 0 bridgehead atoms. The van der Waals surface area contributed by atoms with Gasteiger partial charge in [0, 0.05) is 19.3 Å². The van der Waals surface area contributed by atoms with Crippen LogP contribution in [0.3, 0.4) is 0 Å². The number of aliphatic carboxylic acids is 1. The minimum Gasteiger partial charge on any atom is -0.477 e.